The van der Waals surface area contributed by atoms with Crippen LogP contribution >= 0.6 is 7.14 Å². The minimum absolute atomic E-state index is 0.683. The Balaban J connectivity index is 2.25. The van der Waals surface area contributed by atoms with Crippen molar-refractivity contribution in [2.45, 2.75) is 33.5 Å². The Morgan fingerprint density at radius 3 is 1.46 bits per heavy atom. The fourth-order valence-corrected chi connectivity index (χ4v) is 6.20. The average Bonchev–Trinajstić information content (AvgIpc) is 2.62. The molecule has 0 spiro atoms. The van der Waals surface area contributed by atoms with Crippen LogP contribution in [-0.2, 0) is 4.57 Å². The molecule has 0 aliphatic rings. The zero-order valence-electron chi connectivity index (χ0n) is 15.7. The first-order valence-corrected chi connectivity index (χ1v) is 10.6. The molecule has 0 aromatic heterocycles. The zero-order valence-corrected chi connectivity index (χ0v) is 16.6. The maximum atomic E-state index is 14.4. The number of hydrogen-bond acceptors (Lipinski definition) is 2. The van der Waals surface area contributed by atoms with Crippen LogP contribution < -0.4 is 10.6 Å². The van der Waals surface area contributed by atoms with Crippen LogP contribution in [0.2, 0.25) is 0 Å². The van der Waals surface area contributed by atoms with Gasteiger partial charge in [-0.1, -0.05) is 77.9 Å². The van der Waals surface area contributed by atoms with E-state index in [9.17, 15) is 9.67 Å². The average molecular weight is 364 g/mol. The summed E-state index contributed by atoms with van der Waals surface area (Å²) < 4.78 is 14.4. The molecule has 3 rings (SSSR count). The zero-order chi connectivity index (χ0) is 18.9. The highest BCUT2D eigenvalue weighted by molar-refractivity contribution is 7.78. The van der Waals surface area contributed by atoms with Gasteiger partial charge in [-0.3, -0.25) is 0 Å². The van der Waals surface area contributed by atoms with Gasteiger partial charge in [-0.15, -0.1) is 0 Å². The van der Waals surface area contributed by atoms with E-state index in [0.717, 1.165) is 27.8 Å². The van der Waals surface area contributed by atoms with Crippen molar-refractivity contribution < 1.29 is 9.67 Å². The highest BCUT2D eigenvalue weighted by Gasteiger charge is 2.38. The van der Waals surface area contributed by atoms with Gasteiger partial charge >= 0.3 is 0 Å². The molecule has 134 valence electrons. The van der Waals surface area contributed by atoms with Crippen molar-refractivity contribution in [2.75, 3.05) is 0 Å². The fourth-order valence-electron chi connectivity index (χ4n) is 3.38. The molecule has 0 amide bonds. The Hall–Kier alpha value is -2.15. The van der Waals surface area contributed by atoms with E-state index >= 15 is 0 Å². The Morgan fingerprint density at radius 2 is 1.08 bits per heavy atom. The van der Waals surface area contributed by atoms with E-state index in [0.29, 0.717) is 10.6 Å². The minimum Gasteiger partial charge on any atom is -0.380 e. The van der Waals surface area contributed by atoms with E-state index in [1.165, 1.54) is 0 Å². The molecular formula is C23H25O2P. The molecule has 3 aromatic rings. The number of aryl methyl sites for hydroxylation is 4. The molecule has 0 saturated carbocycles. The number of aliphatic hydroxyl groups is 1. The van der Waals surface area contributed by atoms with Crippen LogP contribution in [0.5, 0.6) is 0 Å². The molecule has 1 unspecified atom stereocenters. The second kappa shape index (κ2) is 7.23. The molecule has 0 aliphatic carbocycles. The van der Waals surface area contributed by atoms with Gasteiger partial charge in [0.1, 0.15) is 5.85 Å². The van der Waals surface area contributed by atoms with Crippen LogP contribution in [0, 0.1) is 27.7 Å². The van der Waals surface area contributed by atoms with Gasteiger partial charge in [0.05, 0.1) is 0 Å². The summed E-state index contributed by atoms with van der Waals surface area (Å²) in [6.07, 6.45) is 0. The first kappa shape index (κ1) is 18.6. The summed E-state index contributed by atoms with van der Waals surface area (Å²) in [5, 5.41) is 12.7. The maximum absolute atomic E-state index is 14.4. The molecular weight excluding hydrogens is 339 g/mol. The molecule has 1 atom stereocenters. The highest BCUT2D eigenvalue weighted by Crippen LogP contribution is 2.56. The third kappa shape index (κ3) is 3.28. The Kier molecular flexibility index (Phi) is 5.18. The third-order valence-corrected chi connectivity index (χ3v) is 8.06. The van der Waals surface area contributed by atoms with Gasteiger partial charge in [0.25, 0.3) is 0 Å². The molecule has 0 heterocycles. The van der Waals surface area contributed by atoms with Gasteiger partial charge in [0.15, 0.2) is 7.14 Å². The van der Waals surface area contributed by atoms with Gasteiger partial charge in [0.2, 0.25) is 0 Å². The van der Waals surface area contributed by atoms with Crippen molar-refractivity contribution in [3.63, 3.8) is 0 Å². The van der Waals surface area contributed by atoms with E-state index in [2.05, 4.69) is 0 Å². The number of hydrogen-bond donors (Lipinski definition) is 1. The monoisotopic (exact) mass is 364 g/mol. The van der Waals surface area contributed by atoms with Crippen LogP contribution in [0.15, 0.2) is 66.7 Å². The lowest BCUT2D eigenvalue weighted by Gasteiger charge is -2.27. The van der Waals surface area contributed by atoms with Crippen molar-refractivity contribution in [1.29, 1.82) is 0 Å². The lowest BCUT2D eigenvalue weighted by Crippen LogP contribution is -2.22. The van der Waals surface area contributed by atoms with Gasteiger partial charge in [-0.25, -0.2) is 0 Å². The summed E-state index contributed by atoms with van der Waals surface area (Å²) in [7, 11) is -3.28. The second-order valence-corrected chi connectivity index (χ2v) is 9.85. The second-order valence-electron chi connectivity index (χ2n) is 7.01. The molecule has 0 aliphatic heterocycles. The molecule has 0 fully saturated rings. The van der Waals surface area contributed by atoms with E-state index in [1.807, 2.05) is 94.4 Å². The van der Waals surface area contributed by atoms with Crippen LogP contribution in [0.1, 0.15) is 33.7 Å². The molecule has 26 heavy (non-hydrogen) atoms. The lowest BCUT2D eigenvalue weighted by molar-refractivity contribution is 0.255. The van der Waals surface area contributed by atoms with Crippen molar-refractivity contribution >= 4 is 17.8 Å². The number of benzene rings is 3. The standard InChI is InChI=1S/C23H25O2P/c1-16-8-12-20(13-9-16)26(25,21-14-10-17(2)11-15-21)23(24)22-18(3)6-5-7-19(22)4/h5-15,23-24H,1-4H3. The first-order valence-electron chi connectivity index (χ1n) is 8.82. The van der Waals surface area contributed by atoms with E-state index in [4.69, 9.17) is 0 Å². The molecule has 0 saturated heterocycles. The van der Waals surface area contributed by atoms with E-state index < -0.39 is 13.0 Å². The summed E-state index contributed by atoms with van der Waals surface area (Å²) in [6.45, 7) is 7.92. The summed E-state index contributed by atoms with van der Waals surface area (Å²) >= 11 is 0. The van der Waals surface area contributed by atoms with Crippen LogP contribution in [0.4, 0.5) is 0 Å². The van der Waals surface area contributed by atoms with Crippen LogP contribution in [0.25, 0.3) is 0 Å². The summed E-state index contributed by atoms with van der Waals surface area (Å²) in [5.41, 5.74) is 4.88. The lowest BCUT2D eigenvalue weighted by atomic mass is 10.0. The molecule has 1 N–H and O–H groups in total. The molecule has 0 radical (unpaired) electrons. The summed E-state index contributed by atoms with van der Waals surface area (Å²) in [6, 6.07) is 21.2. The van der Waals surface area contributed by atoms with Crippen LogP contribution in [-0.4, -0.2) is 5.11 Å². The van der Waals surface area contributed by atoms with Crippen molar-refractivity contribution in [3.05, 3.63) is 94.5 Å². The predicted molar refractivity (Wildman–Crippen MR) is 110 cm³/mol. The largest absolute Gasteiger partial charge is 0.380 e. The molecule has 3 aromatic carbocycles. The van der Waals surface area contributed by atoms with Crippen molar-refractivity contribution in [2.24, 2.45) is 0 Å². The minimum atomic E-state index is -3.28. The van der Waals surface area contributed by atoms with Crippen molar-refractivity contribution in [3.8, 4) is 0 Å². The predicted octanol–water partition coefficient (Wildman–Crippen LogP) is 4.93. The summed E-state index contributed by atoms with van der Waals surface area (Å²) in [5.74, 6) is -1.07. The van der Waals surface area contributed by atoms with Gasteiger partial charge in [0, 0.05) is 10.6 Å². The molecule has 2 nitrogen and oxygen atoms in total. The van der Waals surface area contributed by atoms with Crippen molar-refractivity contribution in [1.82, 2.24) is 0 Å². The summed E-state index contributed by atoms with van der Waals surface area (Å²) in [4.78, 5) is 0. The Morgan fingerprint density at radius 1 is 0.692 bits per heavy atom. The topological polar surface area (TPSA) is 37.3 Å². The van der Waals surface area contributed by atoms with Gasteiger partial charge in [-0.05, 0) is 44.4 Å². The van der Waals surface area contributed by atoms with Gasteiger partial charge in [-0.2, -0.15) is 0 Å². The first-order chi connectivity index (χ1) is 12.3. The highest BCUT2D eigenvalue weighted by atomic mass is 31.2. The number of rotatable bonds is 4. The smallest absolute Gasteiger partial charge is 0.174 e. The van der Waals surface area contributed by atoms with E-state index in [1.54, 1.807) is 0 Å². The van der Waals surface area contributed by atoms with Gasteiger partial charge < -0.3 is 9.67 Å². The fraction of sp³-hybridized carbons (Fsp3) is 0.217. The van der Waals surface area contributed by atoms with Crippen LogP contribution in [0.3, 0.4) is 0 Å². The quantitative estimate of drug-likeness (QED) is 0.667. The Labute approximate surface area is 155 Å². The molecule has 3 heteroatoms. The molecule has 0 bridgehead atoms. The maximum Gasteiger partial charge on any atom is 0.174 e. The third-order valence-electron chi connectivity index (χ3n) is 4.98. The SMILES string of the molecule is Cc1ccc(P(=O)(c2ccc(C)cc2)C(O)c2c(C)cccc2C)cc1. The Bertz CT molecular complexity index is 887. The normalized spacial score (nSPS) is 12.8. The number of aliphatic hydroxyl groups excluding tert-OH is 1. The van der Waals surface area contributed by atoms with E-state index in [-0.39, 0.29) is 0 Å².